The highest BCUT2D eigenvalue weighted by molar-refractivity contribution is 7.89. The highest BCUT2D eigenvalue weighted by atomic mass is 32.2. The molecule has 0 radical (unpaired) electrons. The largest absolute Gasteiger partial charge is 0.493 e. The average molecular weight is 312 g/mol. The van der Waals surface area contributed by atoms with E-state index in [4.69, 9.17) is 10.5 Å². The van der Waals surface area contributed by atoms with Crippen LogP contribution in [-0.4, -0.2) is 27.1 Å². The second kappa shape index (κ2) is 6.34. The molecule has 1 saturated carbocycles. The molecule has 1 aliphatic rings. The molecule has 0 spiro atoms. The lowest BCUT2D eigenvalue weighted by atomic mass is 9.78. The second-order valence-corrected chi connectivity index (χ2v) is 7.98. The van der Waals surface area contributed by atoms with Gasteiger partial charge in [0.1, 0.15) is 5.75 Å². The molecule has 6 heteroatoms. The van der Waals surface area contributed by atoms with Crippen LogP contribution in [0.1, 0.15) is 33.1 Å². The van der Waals surface area contributed by atoms with Crippen molar-refractivity contribution in [2.24, 2.45) is 11.7 Å². The molecule has 21 heavy (non-hydrogen) atoms. The zero-order chi connectivity index (χ0) is 15.5. The number of nitrogens with one attached hydrogen (secondary N) is 1. The third kappa shape index (κ3) is 4.43. The standard InChI is InChI=1S/C15H24N2O3S/c1-12(2)10-20-13-4-6-14(7-5-13)21(18,19)17-11-15(16)8-3-9-15/h4-7,12,17H,3,8-11,16H2,1-2H3. The highest BCUT2D eigenvalue weighted by Crippen LogP contribution is 2.28. The Bertz CT molecular complexity index is 563. The van der Waals surface area contributed by atoms with Gasteiger partial charge in [0.2, 0.25) is 10.0 Å². The summed E-state index contributed by atoms with van der Waals surface area (Å²) < 4.78 is 32.5. The molecule has 0 saturated heterocycles. The minimum Gasteiger partial charge on any atom is -0.493 e. The molecular formula is C15H24N2O3S. The number of rotatable bonds is 7. The van der Waals surface area contributed by atoms with E-state index in [1.165, 1.54) is 0 Å². The fourth-order valence-corrected chi connectivity index (χ4v) is 3.25. The average Bonchev–Trinajstić information content (AvgIpc) is 2.41. The van der Waals surface area contributed by atoms with Crippen LogP contribution in [0.2, 0.25) is 0 Å². The van der Waals surface area contributed by atoms with Crippen LogP contribution in [0.3, 0.4) is 0 Å². The number of benzene rings is 1. The lowest BCUT2D eigenvalue weighted by Gasteiger charge is -2.37. The van der Waals surface area contributed by atoms with Gasteiger partial charge in [-0.15, -0.1) is 0 Å². The van der Waals surface area contributed by atoms with Crippen LogP contribution in [0.25, 0.3) is 0 Å². The van der Waals surface area contributed by atoms with Crippen molar-refractivity contribution < 1.29 is 13.2 Å². The van der Waals surface area contributed by atoms with Crippen molar-refractivity contribution in [2.45, 2.75) is 43.5 Å². The van der Waals surface area contributed by atoms with Crippen molar-refractivity contribution >= 4 is 10.0 Å². The van der Waals surface area contributed by atoms with Crippen LogP contribution < -0.4 is 15.2 Å². The van der Waals surface area contributed by atoms with E-state index in [1.54, 1.807) is 24.3 Å². The first kappa shape index (κ1) is 16.3. The van der Waals surface area contributed by atoms with Gasteiger partial charge >= 0.3 is 0 Å². The van der Waals surface area contributed by atoms with Crippen molar-refractivity contribution in [1.29, 1.82) is 0 Å². The Kier molecular flexibility index (Phi) is 4.91. The SMILES string of the molecule is CC(C)COc1ccc(S(=O)(=O)NCC2(N)CCC2)cc1. The number of sulfonamides is 1. The molecule has 0 bridgehead atoms. The van der Waals surface area contributed by atoms with E-state index in [0.29, 0.717) is 24.8 Å². The predicted octanol–water partition coefficient (Wildman–Crippen LogP) is 1.88. The van der Waals surface area contributed by atoms with E-state index >= 15 is 0 Å². The molecule has 0 amide bonds. The molecule has 1 aromatic carbocycles. The van der Waals surface area contributed by atoms with Crippen LogP contribution in [0.5, 0.6) is 5.75 Å². The van der Waals surface area contributed by atoms with E-state index < -0.39 is 10.0 Å². The van der Waals surface area contributed by atoms with E-state index in [-0.39, 0.29) is 10.4 Å². The number of hydrogen-bond acceptors (Lipinski definition) is 4. The van der Waals surface area contributed by atoms with Gasteiger partial charge in [-0.2, -0.15) is 0 Å². The normalized spacial score (nSPS) is 17.5. The molecule has 0 atom stereocenters. The second-order valence-electron chi connectivity index (χ2n) is 6.22. The Morgan fingerprint density at radius 2 is 1.90 bits per heavy atom. The number of ether oxygens (including phenoxy) is 1. The van der Waals surface area contributed by atoms with Gasteiger partial charge in [0.05, 0.1) is 11.5 Å². The van der Waals surface area contributed by atoms with Crippen LogP contribution in [-0.2, 0) is 10.0 Å². The minimum atomic E-state index is -3.50. The van der Waals surface area contributed by atoms with E-state index in [0.717, 1.165) is 19.3 Å². The zero-order valence-corrected chi connectivity index (χ0v) is 13.4. The summed E-state index contributed by atoms with van der Waals surface area (Å²) >= 11 is 0. The monoisotopic (exact) mass is 312 g/mol. The molecule has 2 rings (SSSR count). The van der Waals surface area contributed by atoms with Gasteiger partial charge in [0, 0.05) is 12.1 Å². The smallest absolute Gasteiger partial charge is 0.240 e. The minimum absolute atomic E-state index is 0.238. The fourth-order valence-electron chi connectivity index (χ4n) is 2.11. The summed E-state index contributed by atoms with van der Waals surface area (Å²) in [5.41, 5.74) is 5.67. The zero-order valence-electron chi connectivity index (χ0n) is 12.6. The van der Waals surface area contributed by atoms with Gasteiger partial charge < -0.3 is 10.5 Å². The molecule has 3 N–H and O–H groups in total. The fraction of sp³-hybridized carbons (Fsp3) is 0.600. The number of nitrogens with two attached hydrogens (primary N) is 1. The molecule has 0 heterocycles. The molecular weight excluding hydrogens is 288 g/mol. The van der Waals surface area contributed by atoms with Crippen molar-refractivity contribution in [3.05, 3.63) is 24.3 Å². The summed E-state index contributed by atoms with van der Waals surface area (Å²) in [5, 5.41) is 0. The Morgan fingerprint density at radius 1 is 1.29 bits per heavy atom. The first-order valence-corrected chi connectivity index (χ1v) is 8.80. The third-order valence-corrected chi connectivity index (χ3v) is 5.10. The highest BCUT2D eigenvalue weighted by Gasteiger charge is 2.33. The third-order valence-electron chi connectivity index (χ3n) is 3.68. The van der Waals surface area contributed by atoms with Crippen molar-refractivity contribution in [3.8, 4) is 5.75 Å². The molecule has 0 unspecified atom stereocenters. The number of hydrogen-bond donors (Lipinski definition) is 2. The molecule has 1 aliphatic carbocycles. The molecule has 0 aromatic heterocycles. The molecule has 1 aromatic rings. The maximum absolute atomic E-state index is 12.2. The first-order chi connectivity index (χ1) is 9.81. The summed E-state index contributed by atoms with van der Waals surface area (Å²) in [7, 11) is -3.50. The van der Waals surface area contributed by atoms with Gasteiger partial charge in [0.25, 0.3) is 0 Å². The topological polar surface area (TPSA) is 81.4 Å². The van der Waals surface area contributed by atoms with Gasteiger partial charge in [-0.1, -0.05) is 13.8 Å². The molecule has 1 fully saturated rings. The summed E-state index contributed by atoms with van der Waals surface area (Å²) in [6.45, 7) is 5.03. The lowest BCUT2D eigenvalue weighted by Crippen LogP contribution is -2.54. The maximum Gasteiger partial charge on any atom is 0.240 e. The van der Waals surface area contributed by atoms with Crippen molar-refractivity contribution in [3.63, 3.8) is 0 Å². The van der Waals surface area contributed by atoms with Crippen LogP contribution >= 0.6 is 0 Å². The Morgan fingerprint density at radius 3 is 2.38 bits per heavy atom. The molecule has 118 valence electrons. The summed E-state index contributed by atoms with van der Waals surface area (Å²) in [4.78, 5) is 0.238. The summed E-state index contributed by atoms with van der Waals surface area (Å²) in [6.07, 6.45) is 2.81. The maximum atomic E-state index is 12.2. The van der Waals surface area contributed by atoms with Crippen molar-refractivity contribution in [1.82, 2.24) is 4.72 Å². The van der Waals surface area contributed by atoms with E-state index in [1.807, 2.05) is 0 Å². The lowest BCUT2D eigenvalue weighted by molar-refractivity contribution is 0.251. The van der Waals surface area contributed by atoms with Crippen LogP contribution in [0.4, 0.5) is 0 Å². The summed E-state index contributed by atoms with van der Waals surface area (Å²) in [5.74, 6) is 1.11. The quantitative estimate of drug-likeness (QED) is 0.805. The van der Waals surface area contributed by atoms with Gasteiger partial charge in [0.15, 0.2) is 0 Å². The Labute approximate surface area is 126 Å². The Balaban J connectivity index is 1.96. The molecule has 5 nitrogen and oxygen atoms in total. The van der Waals surface area contributed by atoms with E-state index in [9.17, 15) is 8.42 Å². The van der Waals surface area contributed by atoms with Crippen molar-refractivity contribution in [2.75, 3.05) is 13.2 Å². The summed E-state index contributed by atoms with van der Waals surface area (Å²) in [6, 6.07) is 6.47. The van der Waals surface area contributed by atoms with Crippen LogP contribution in [0, 0.1) is 5.92 Å². The van der Waals surface area contributed by atoms with Crippen LogP contribution in [0.15, 0.2) is 29.2 Å². The first-order valence-electron chi connectivity index (χ1n) is 7.32. The Hall–Kier alpha value is -1.11. The van der Waals surface area contributed by atoms with E-state index in [2.05, 4.69) is 18.6 Å². The molecule has 0 aliphatic heterocycles. The predicted molar refractivity (Wildman–Crippen MR) is 82.7 cm³/mol. The van der Waals surface area contributed by atoms with Gasteiger partial charge in [-0.25, -0.2) is 13.1 Å². The van der Waals surface area contributed by atoms with Gasteiger partial charge in [-0.05, 0) is 49.4 Å². The van der Waals surface area contributed by atoms with Gasteiger partial charge in [-0.3, -0.25) is 0 Å².